The van der Waals surface area contributed by atoms with E-state index in [2.05, 4.69) is 20.6 Å². The first kappa shape index (κ1) is 19.2. The van der Waals surface area contributed by atoms with E-state index in [9.17, 15) is 4.79 Å². The number of carbonyl (C=O) groups is 1. The van der Waals surface area contributed by atoms with Crippen LogP contribution in [0.3, 0.4) is 0 Å². The van der Waals surface area contributed by atoms with E-state index < -0.39 is 0 Å². The second-order valence-electron chi connectivity index (χ2n) is 7.84. The van der Waals surface area contributed by atoms with Crippen LogP contribution in [0.1, 0.15) is 11.4 Å². The number of fused-ring (bicyclic) bond motifs is 4. The first-order chi connectivity index (χ1) is 16.1. The van der Waals surface area contributed by atoms with Crippen LogP contribution >= 0.6 is 0 Å². The Morgan fingerprint density at radius 1 is 1.06 bits per heavy atom. The smallest absolute Gasteiger partial charge is 0.272 e. The number of amides is 1. The van der Waals surface area contributed by atoms with Gasteiger partial charge in [0.2, 0.25) is 12.7 Å². The Labute approximate surface area is 187 Å². The molecule has 0 radical (unpaired) electrons. The Morgan fingerprint density at radius 3 is 2.76 bits per heavy atom. The first-order valence-corrected chi connectivity index (χ1v) is 10.4. The van der Waals surface area contributed by atoms with E-state index in [-0.39, 0.29) is 19.2 Å². The lowest BCUT2D eigenvalue weighted by Crippen LogP contribution is -2.19. The van der Waals surface area contributed by atoms with Gasteiger partial charge >= 0.3 is 0 Å². The molecule has 33 heavy (non-hydrogen) atoms. The number of para-hydroxylation sites is 1. The summed E-state index contributed by atoms with van der Waals surface area (Å²) < 4.78 is 14.2. The molecule has 6 rings (SSSR count). The zero-order valence-electron chi connectivity index (χ0n) is 17.9. The van der Waals surface area contributed by atoms with Crippen molar-refractivity contribution < 1.29 is 14.3 Å². The van der Waals surface area contributed by atoms with Gasteiger partial charge in [0.1, 0.15) is 12.1 Å². The van der Waals surface area contributed by atoms with E-state index in [0.29, 0.717) is 34.3 Å². The Hall–Kier alpha value is -4.47. The van der Waals surface area contributed by atoms with Crippen molar-refractivity contribution in [2.45, 2.75) is 20.4 Å². The van der Waals surface area contributed by atoms with Crippen molar-refractivity contribution in [3.05, 3.63) is 59.9 Å². The molecule has 0 aliphatic carbocycles. The van der Waals surface area contributed by atoms with Crippen molar-refractivity contribution in [1.82, 2.24) is 29.5 Å². The fourth-order valence-corrected chi connectivity index (χ4v) is 4.09. The van der Waals surface area contributed by atoms with Gasteiger partial charge in [-0.05, 0) is 38.1 Å². The van der Waals surface area contributed by atoms with E-state index in [0.717, 1.165) is 22.3 Å². The zero-order chi connectivity index (χ0) is 22.5. The van der Waals surface area contributed by atoms with Crippen LogP contribution in [-0.4, -0.2) is 42.2 Å². The predicted octanol–water partition coefficient (Wildman–Crippen LogP) is 3.15. The van der Waals surface area contributed by atoms with Gasteiger partial charge in [-0.3, -0.25) is 4.79 Å². The van der Waals surface area contributed by atoms with Gasteiger partial charge in [0, 0.05) is 22.8 Å². The summed E-state index contributed by atoms with van der Waals surface area (Å²) in [4.78, 5) is 17.7. The summed E-state index contributed by atoms with van der Waals surface area (Å²) in [6, 6.07) is 15.0. The lowest BCUT2D eigenvalue weighted by atomic mass is 10.2. The molecule has 1 N–H and O–H groups in total. The molecule has 0 saturated heterocycles. The summed E-state index contributed by atoms with van der Waals surface area (Å²) in [5.74, 6) is 1.42. The molecule has 0 unspecified atom stereocenters. The maximum Gasteiger partial charge on any atom is 0.272 e. The van der Waals surface area contributed by atoms with Crippen molar-refractivity contribution in [3.63, 3.8) is 0 Å². The van der Waals surface area contributed by atoms with Crippen LogP contribution in [0.4, 0.5) is 5.69 Å². The van der Waals surface area contributed by atoms with E-state index >= 15 is 0 Å². The molecule has 164 valence electrons. The van der Waals surface area contributed by atoms with Gasteiger partial charge in [0.05, 0.1) is 11.2 Å². The molecular weight excluding hydrogens is 422 g/mol. The molecule has 10 nitrogen and oxygen atoms in total. The number of aromatic nitrogens is 6. The van der Waals surface area contributed by atoms with Crippen molar-refractivity contribution >= 4 is 33.7 Å². The Kier molecular flexibility index (Phi) is 4.25. The highest BCUT2D eigenvalue weighted by atomic mass is 16.7. The van der Waals surface area contributed by atoms with Crippen molar-refractivity contribution in [3.8, 4) is 17.4 Å². The quantitative estimate of drug-likeness (QED) is 0.456. The molecule has 0 bridgehead atoms. The molecule has 3 aromatic heterocycles. The van der Waals surface area contributed by atoms with Gasteiger partial charge in [-0.1, -0.05) is 18.2 Å². The van der Waals surface area contributed by atoms with Crippen LogP contribution in [0.25, 0.3) is 28.0 Å². The van der Waals surface area contributed by atoms with Gasteiger partial charge in [0.15, 0.2) is 17.1 Å². The largest absolute Gasteiger partial charge is 0.454 e. The third-order valence-corrected chi connectivity index (χ3v) is 5.52. The molecule has 0 spiro atoms. The highest BCUT2D eigenvalue weighted by molar-refractivity contribution is 6.05. The minimum Gasteiger partial charge on any atom is -0.454 e. The molecule has 1 amide bonds. The minimum absolute atomic E-state index is 0.0493. The first-order valence-electron chi connectivity index (χ1n) is 10.4. The number of rotatable bonds is 4. The van der Waals surface area contributed by atoms with E-state index in [1.54, 1.807) is 22.9 Å². The predicted molar refractivity (Wildman–Crippen MR) is 121 cm³/mol. The highest BCUT2D eigenvalue weighted by Crippen LogP contribution is 2.34. The van der Waals surface area contributed by atoms with Crippen LogP contribution in [-0.2, 0) is 11.3 Å². The fraction of sp³-hybridized carbons (Fsp3) is 0.174. The molecule has 10 heteroatoms. The molecule has 1 aliphatic rings. The number of anilines is 1. The van der Waals surface area contributed by atoms with Gasteiger partial charge < -0.3 is 19.4 Å². The Morgan fingerprint density at radius 2 is 1.91 bits per heavy atom. The number of benzene rings is 2. The summed E-state index contributed by atoms with van der Waals surface area (Å²) in [6.45, 7) is 4.07. The second kappa shape index (κ2) is 7.30. The number of hydrogen-bond donors (Lipinski definition) is 1. The third-order valence-electron chi connectivity index (χ3n) is 5.52. The molecule has 0 fully saturated rings. The highest BCUT2D eigenvalue weighted by Gasteiger charge is 2.19. The molecule has 0 atom stereocenters. The number of nitrogens with one attached hydrogen (secondary N) is 1. The summed E-state index contributed by atoms with van der Waals surface area (Å²) in [6.07, 6.45) is 0. The summed E-state index contributed by atoms with van der Waals surface area (Å²) >= 11 is 0. The SMILES string of the molecule is Cc1cc(C)n(-c2nnc3c4ccccc4n(CC(=O)Nc4ccc5c(c4)OCO5)c3n2)n1. The number of hydrogen-bond acceptors (Lipinski definition) is 7. The van der Waals surface area contributed by atoms with Crippen molar-refractivity contribution in [2.24, 2.45) is 0 Å². The molecule has 2 aromatic carbocycles. The zero-order valence-corrected chi connectivity index (χ0v) is 17.9. The maximum absolute atomic E-state index is 13.0. The summed E-state index contributed by atoms with van der Waals surface area (Å²) in [7, 11) is 0. The Balaban J connectivity index is 1.40. The lowest BCUT2D eigenvalue weighted by Gasteiger charge is -2.09. The topological polar surface area (TPSA) is 109 Å². The van der Waals surface area contributed by atoms with E-state index in [4.69, 9.17) is 14.5 Å². The van der Waals surface area contributed by atoms with Crippen LogP contribution in [0.5, 0.6) is 11.5 Å². The molecule has 1 aliphatic heterocycles. The van der Waals surface area contributed by atoms with Crippen molar-refractivity contribution in [2.75, 3.05) is 12.1 Å². The molecular formula is C23H19N7O3. The second-order valence-corrected chi connectivity index (χ2v) is 7.84. The number of carbonyl (C=O) groups excluding carboxylic acids is 1. The standard InChI is InChI=1S/C23H19N7O3/c1-13-9-14(2)30(28-13)23-25-22-21(26-27-23)16-5-3-4-6-17(16)29(22)11-20(31)24-15-7-8-18-19(10-15)33-12-32-18/h3-10H,11-12H2,1-2H3,(H,24,31). The lowest BCUT2D eigenvalue weighted by molar-refractivity contribution is -0.116. The average Bonchev–Trinajstić information content (AvgIpc) is 3.49. The number of ether oxygens (including phenoxy) is 2. The van der Waals surface area contributed by atoms with Gasteiger partial charge in [0.25, 0.3) is 5.95 Å². The van der Waals surface area contributed by atoms with Crippen LogP contribution in [0, 0.1) is 13.8 Å². The fourth-order valence-electron chi connectivity index (χ4n) is 4.09. The molecule has 0 saturated carbocycles. The normalized spacial score (nSPS) is 12.5. The molecule has 4 heterocycles. The van der Waals surface area contributed by atoms with E-state index in [1.807, 2.05) is 48.7 Å². The average molecular weight is 441 g/mol. The monoisotopic (exact) mass is 441 g/mol. The number of aryl methyl sites for hydroxylation is 2. The van der Waals surface area contributed by atoms with Gasteiger partial charge in [-0.15, -0.1) is 10.2 Å². The third kappa shape index (κ3) is 3.23. The van der Waals surface area contributed by atoms with Crippen LogP contribution in [0.15, 0.2) is 48.5 Å². The summed E-state index contributed by atoms with van der Waals surface area (Å²) in [5, 5.41) is 17.0. The molecule has 5 aromatic rings. The van der Waals surface area contributed by atoms with Crippen LogP contribution in [0.2, 0.25) is 0 Å². The van der Waals surface area contributed by atoms with Gasteiger partial charge in [-0.25, -0.2) is 4.68 Å². The maximum atomic E-state index is 13.0. The van der Waals surface area contributed by atoms with E-state index in [1.165, 1.54) is 0 Å². The Bertz CT molecular complexity index is 1550. The van der Waals surface area contributed by atoms with Crippen LogP contribution < -0.4 is 14.8 Å². The minimum atomic E-state index is -0.206. The van der Waals surface area contributed by atoms with Crippen molar-refractivity contribution in [1.29, 1.82) is 0 Å². The number of nitrogens with zero attached hydrogens (tertiary/aromatic N) is 6. The van der Waals surface area contributed by atoms with Gasteiger partial charge in [-0.2, -0.15) is 10.1 Å². The summed E-state index contributed by atoms with van der Waals surface area (Å²) in [5.41, 5.74) is 4.43.